The molecule has 5 heterocycles. The fraction of sp³-hybridized carbons (Fsp3) is 0.188. The highest BCUT2D eigenvalue weighted by Crippen LogP contribution is 2.26. The number of fused-ring (bicyclic) bond motifs is 1. The third kappa shape index (κ3) is 6.19. The first-order chi connectivity index (χ1) is 22.1. The molecule has 45 heavy (non-hydrogen) atoms. The van der Waals surface area contributed by atoms with Gasteiger partial charge in [0.1, 0.15) is 17.5 Å². The maximum absolute atomic E-state index is 14.5. The second-order valence-electron chi connectivity index (χ2n) is 10.5. The topological polar surface area (TPSA) is 134 Å². The first-order valence-corrected chi connectivity index (χ1v) is 14.5. The Morgan fingerprint density at radius 1 is 0.978 bits per heavy atom. The van der Waals surface area contributed by atoms with Gasteiger partial charge >= 0.3 is 0 Å². The zero-order valence-electron chi connectivity index (χ0n) is 24.0. The van der Waals surface area contributed by atoms with E-state index in [9.17, 15) is 9.18 Å². The number of rotatable bonds is 9. The SMILES string of the molecule is O=c1c(Oc2ccccc2F)cc2cnc(Nc3ccc(OC4CCNCC4)cc3)nc2n1Cc1cnnn1-c1ccncc1. The average Bonchev–Trinajstić information content (AvgIpc) is 3.54. The van der Waals surface area contributed by atoms with Crippen molar-refractivity contribution in [2.45, 2.75) is 25.5 Å². The molecule has 6 aromatic rings. The molecule has 1 aliphatic rings. The van der Waals surface area contributed by atoms with E-state index in [1.54, 1.807) is 53.7 Å². The van der Waals surface area contributed by atoms with Gasteiger partial charge in [0.15, 0.2) is 17.3 Å². The van der Waals surface area contributed by atoms with Crippen LogP contribution in [0.2, 0.25) is 0 Å². The predicted molar refractivity (Wildman–Crippen MR) is 165 cm³/mol. The summed E-state index contributed by atoms with van der Waals surface area (Å²) in [5, 5.41) is 15.3. The highest BCUT2D eigenvalue weighted by Gasteiger charge is 2.18. The molecule has 0 bridgehead atoms. The van der Waals surface area contributed by atoms with Crippen LogP contribution in [0, 0.1) is 5.82 Å². The van der Waals surface area contributed by atoms with E-state index >= 15 is 0 Å². The number of hydrogen-bond donors (Lipinski definition) is 2. The number of nitrogens with one attached hydrogen (secondary N) is 2. The smallest absolute Gasteiger partial charge is 0.295 e. The molecular formula is C32H28FN9O3. The summed E-state index contributed by atoms with van der Waals surface area (Å²) in [4.78, 5) is 27.1. The largest absolute Gasteiger partial charge is 0.490 e. The Morgan fingerprint density at radius 2 is 1.78 bits per heavy atom. The fourth-order valence-electron chi connectivity index (χ4n) is 5.14. The lowest BCUT2D eigenvalue weighted by molar-refractivity contribution is 0.162. The van der Waals surface area contributed by atoms with Crippen molar-refractivity contribution >= 4 is 22.7 Å². The predicted octanol–water partition coefficient (Wildman–Crippen LogP) is 4.62. The molecule has 0 radical (unpaired) electrons. The molecule has 1 fully saturated rings. The molecule has 2 aromatic carbocycles. The molecule has 0 amide bonds. The van der Waals surface area contributed by atoms with Crippen LogP contribution in [-0.2, 0) is 6.54 Å². The number of nitrogens with zero attached hydrogens (tertiary/aromatic N) is 7. The molecule has 12 nitrogen and oxygen atoms in total. The van der Waals surface area contributed by atoms with Crippen molar-refractivity contribution in [1.29, 1.82) is 0 Å². The Labute approximate surface area is 256 Å². The van der Waals surface area contributed by atoms with Crippen LogP contribution in [0.1, 0.15) is 18.5 Å². The van der Waals surface area contributed by atoms with Crippen LogP contribution in [0.25, 0.3) is 16.7 Å². The van der Waals surface area contributed by atoms with Crippen LogP contribution < -0.4 is 25.7 Å². The molecule has 4 aromatic heterocycles. The number of ether oxygens (including phenoxy) is 2. The summed E-state index contributed by atoms with van der Waals surface area (Å²) in [6.07, 6.45) is 8.57. The Bertz CT molecular complexity index is 1990. The summed E-state index contributed by atoms with van der Waals surface area (Å²) >= 11 is 0. The van der Waals surface area contributed by atoms with Crippen LogP contribution in [0.4, 0.5) is 16.0 Å². The van der Waals surface area contributed by atoms with Crippen molar-refractivity contribution < 1.29 is 13.9 Å². The van der Waals surface area contributed by atoms with Crippen molar-refractivity contribution in [2.24, 2.45) is 0 Å². The molecular weight excluding hydrogens is 577 g/mol. The van der Waals surface area contributed by atoms with Crippen LogP contribution in [0.5, 0.6) is 17.2 Å². The second-order valence-corrected chi connectivity index (χ2v) is 10.5. The van der Waals surface area contributed by atoms with Gasteiger partial charge < -0.3 is 20.1 Å². The first-order valence-electron chi connectivity index (χ1n) is 14.5. The number of aromatic nitrogens is 7. The molecule has 1 aliphatic heterocycles. The van der Waals surface area contributed by atoms with E-state index in [1.165, 1.54) is 22.8 Å². The van der Waals surface area contributed by atoms with Crippen LogP contribution in [0.15, 0.2) is 96.3 Å². The second kappa shape index (κ2) is 12.5. The van der Waals surface area contributed by atoms with E-state index in [1.807, 2.05) is 24.3 Å². The van der Waals surface area contributed by atoms with Crippen molar-refractivity contribution in [1.82, 2.24) is 39.8 Å². The van der Waals surface area contributed by atoms with Crippen LogP contribution in [-0.4, -0.2) is 53.7 Å². The van der Waals surface area contributed by atoms with Gasteiger partial charge in [-0.3, -0.25) is 14.3 Å². The summed E-state index contributed by atoms with van der Waals surface area (Å²) in [5.74, 6) is 0.333. The molecule has 0 saturated carbocycles. The number of benzene rings is 2. The number of anilines is 2. The molecule has 1 saturated heterocycles. The summed E-state index contributed by atoms with van der Waals surface area (Å²) in [6, 6.07) is 18.6. The Hall–Kier alpha value is -5.69. The zero-order valence-corrected chi connectivity index (χ0v) is 24.0. The quantitative estimate of drug-likeness (QED) is 0.240. The summed E-state index contributed by atoms with van der Waals surface area (Å²) in [7, 11) is 0. The molecule has 226 valence electrons. The lowest BCUT2D eigenvalue weighted by Crippen LogP contribution is -2.34. The van der Waals surface area contributed by atoms with Crippen LogP contribution in [0.3, 0.4) is 0 Å². The third-order valence-corrected chi connectivity index (χ3v) is 7.40. The van der Waals surface area contributed by atoms with Gasteiger partial charge in [-0.05, 0) is 80.5 Å². The lowest BCUT2D eigenvalue weighted by atomic mass is 10.1. The third-order valence-electron chi connectivity index (χ3n) is 7.40. The van der Waals surface area contributed by atoms with Gasteiger partial charge in [-0.2, -0.15) is 4.98 Å². The normalized spacial score (nSPS) is 13.5. The fourth-order valence-corrected chi connectivity index (χ4v) is 5.14. The average molecular weight is 606 g/mol. The van der Waals surface area contributed by atoms with E-state index in [2.05, 4.69) is 30.9 Å². The molecule has 2 N–H and O–H groups in total. The maximum Gasteiger partial charge on any atom is 0.295 e. The van der Waals surface area contributed by atoms with Gasteiger partial charge in [0.25, 0.3) is 5.56 Å². The minimum absolute atomic E-state index is 0.0400. The van der Waals surface area contributed by atoms with E-state index in [4.69, 9.17) is 14.5 Å². The van der Waals surface area contributed by atoms with Crippen LogP contribution >= 0.6 is 0 Å². The number of halogens is 1. The van der Waals surface area contributed by atoms with Gasteiger partial charge in [-0.25, -0.2) is 14.1 Å². The number of piperidine rings is 1. The minimum atomic E-state index is -0.591. The standard InChI is InChI=1S/C32H28FN9O3/c33-27-3-1-2-4-28(27)45-29-17-21-18-36-32(38-22-5-7-25(8-6-22)44-26-11-15-35-16-12-26)39-30(21)41(31(29)43)20-24-19-37-40-42(24)23-9-13-34-14-10-23/h1-10,13-14,17-19,26,35H,11-12,15-16,20H2,(H,36,38,39). The highest BCUT2D eigenvalue weighted by atomic mass is 19.1. The lowest BCUT2D eigenvalue weighted by Gasteiger charge is -2.23. The van der Waals surface area contributed by atoms with E-state index in [0.29, 0.717) is 16.7 Å². The van der Waals surface area contributed by atoms with Gasteiger partial charge in [-0.1, -0.05) is 17.3 Å². The monoisotopic (exact) mass is 605 g/mol. The van der Waals surface area contributed by atoms with Crippen molar-refractivity contribution in [2.75, 3.05) is 18.4 Å². The molecule has 0 unspecified atom stereocenters. The Balaban J connectivity index is 1.23. The molecule has 0 aliphatic carbocycles. The zero-order chi connectivity index (χ0) is 30.6. The number of pyridine rings is 2. The summed E-state index contributed by atoms with van der Waals surface area (Å²) in [6.45, 7) is 1.94. The Kier molecular flexibility index (Phi) is 7.81. The Morgan fingerprint density at radius 3 is 2.58 bits per heavy atom. The number of hydrogen-bond acceptors (Lipinski definition) is 10. The highest BCUT2D eigenvalue weighted by molar-refractivity contribution is 5.77. The van der Waals surface area contributed by atoms with E-state index in [-0.39, 0.29) is 30.1 Å². The van der Waals surface area contributed by atoms with Gasteiger partial charge in [-0.15, -0.1) is 5.10 Å². The summed E-state index contributed by atoms with van der Waals surface area (Å²) < 4.78 is 29.4. The first kappa shape index (κ1) is 28.1. The van der Waals surface area contributed by atoms with Gasteiger partial charge in [0, 0.05) is 29.7 Å². The van der Waals surface area contributed by atoms with Gasteiger partial charge in [0.05, 0.1) is 24.1 Å². The molecule has 0 spiro atoms. The minimum Gasteiger partial charge on any atom is -0.490 e. The summed E-state index contributed by atoms with van der Waals surface area (Å²) in [5.41, 5.74) is 1.90. The maximum atomic E-state index is 14.5. The van der Waals surface area contributed by atoms with E-state index in [0.717, 1.165) is 43.1 Å². The molecule has 7 rings (SSSR count). The van der Waals surface area contributed by atoms with Crippen molar-refractivity contribution in [3.63, 3.8) is 0 Å². The van der Waals surface area contributed by atoms with E-state index < -0.39 is 11.4 Å². The van der Waals surface area contributed by atoms with Crippen molar-refractivity contribution in [3.05, 3.63) is 113 Å². The van der Waals surface area contributed by atoms with Gasteiger partial charge in [0.2, 0.25) is 5.95 Å². The number of para-hydroxylation sites is 1. The molecule has 0 atom stereocenters. The molecule has 13 heteroatoms. The van der Waals surface area contributed by atoms with Crippen molar-refractivity contribution in [3.8, 4) is 22.9 Å².